The van der Waals surface area contributed by atoms with Crippen LogP contribution in [0.25, 0.3) is 31.3 Å². The summed E-state index contributed by atoms with van der Waals surface area (Å²) in [6.45, 7) is 0. The van der Waals surface area contributed by atoms with Gasteiger partial charge in [-0.1, -0.05) is 30.3 Å². The minimum absolute atomic E-state index is 0.457. The molecule has 0 amide bonds. The van der Waals surface area contributed by atoms with E-state index < -0.39 is 0 Å². The van der Waals surface area contributed by atoms with Gasteiger partial charge in [0.1, 0.15) is 0 Å². The highest BCUT2D eigenvalue weighted by Gasteiger charge is 2.15. The van der Waals surface area contributed by atoms with Crippen molar-refractivity contribution in [3.05, 3.63) is 126 Å². The molecule has 6 rings (SSSR count). The molecule has 0 saturated carbocycles. The number of nitrogens with zero attached hydrogens (tertiary/aromatic N) is 4. The molecule has 0 aliphatic heterocycles. The Morgan fingerprint density at radius 2 is 1.05 bits per heavy atom. The van der Waals surface area contributed by atoms with Gasteiger partial charge in [0.2, 0.25) is 0 Å². The third-order valence-corrected chi connectivity index (χ3v) is 7.67. The monoisotopic (exact) mass is 502 g/mol. The van der Waals surface area contributed by atoms with Crippen LogP contribution in [0.15, 0.2) is 109 Å². The summed E-state index contributed by atoms with van der Waals surface area (Å²) in [6.07, 6.45) is 0. The molecule has 0 aliphatic carbocycles. The molecule has 0 N–H and O–H groups in total. The molecule has 1 aromatic heterocycles. The van der Waals surface area contributed by atoms with Crippen LogP contribution in [-0.2, 0) is 0 Å². The third kappa shape index (κ3) is 4.12. The number of hydrogen-bond acceptors (Lipinski definition) is 5. The summed E-state index contributed by atoms with van der Waals surface area (Å²) in [5.74, 6) is 0. The van der Waals surface area contributed by atoms with Crippen molar-refractivity contribution >= 4 is 48.6 Å². The molecule has 0 atom stereocenters. The lowest BCUT2D eigenvalue weighted by Crippen LogP contribution is -2.09. The molecule has 4 nitrogen and oxygen atoms in total. The fraction of sp³-hybridized carbons (Fsp3) is 0. The first kappa shape index (κ1) is 23.0. The molecule has 0 spiro atoms. The SMILES string of the molecule is N#Cc1ccc(N(c2ccc(-c3cc(C#N)cc(C#N)c3)cc2)c2ccc3sc4ccccc4c3c2)cc1. The second-order valence-corrected chi connectivity index (χ2v) is 9.93. The van der Waals surface area contributed by atoms with Crippen LogP contribution in [0.1, 0.15) is 16.7 Å². The maximum absolute atomic E-state index is 9.38. The Morgan fingerprint density at radius 1 is 0.474 bits per heavy atom. The first-order chi connectivity index (χ1) is 18.7. The van der Waals surface area contributed by atoms with Crippen LogP contribution in [0.2, 0.25) is 0 Å². The molecule has 176 valence electrons. The maximum atomic E-state index is 9.38. The van der Waals surface area contributed by atoms with Crippen molar-refractivity contribution in [1.29, 1.82) is 15.8 Å². The summed E-state index contributed by atoms with van der Waals surface area (Å²) in [4.78, 5) is 2.17. The van der Waals surface area contributed by atoms with E-state index in [1.54, 1.807) is 29.5 Å². The molecule has 0 radical (unpaired) electrons. The fourth-order valence-corrected chi connectivity index (χ4v) is 5.80. The van der Waals surface area contributed by atoms with Gasteiger partial charge in [0.05, 0.1) is 34.9 Å². The Morgan fingerprint density at radius 3 is 1.71 bits per heavy atom. The van der Waals surface area contributed by atoms with E-state index >= 15 is 0 Å². The second kappa shape index (κ2) is 9.57. The highest BCUT2D eigenvalue weighted by atomic mass is 32.1. The van der Waals surface area contributed by atoms with Crippen LogP contribution >= 0.6 is 11.3 Å². The first-order valence-corrected chi connectivity index (χ1v) is 12.8. The highest BCUT2D eigenvalue weighted by molar-refractivity contribution is 7.25. The lowest BCUT2D eigenvalue weighted by molar-refractivity contribution is 1.29. The third-order valence-electron chi connectivity index (χ3n) is 6.52. The van der Waals surface area contributed by atoms with E-state index in [1.807, 2.05) is 48.5 Å². The minimum atomic E-state index is 0.457. The zero-order valence-electron chi connectivity index (χ0n) is 20.1. The highest BCUT2D eigenvalue weighted by Crippen LogP contribution is 2.41. The zero-order valence-corrected chi connectivity index (χ0v) is 20.9. The van der Waals surface area contributed by atoms with Crippen molar-refractivity contribution < 1.29 is 0 Å². The van der Waals surface area contributed by atoms with E-state index in [2.05, 4.69) is 65.6 Å². The normalized spacial score (nSPS) is 10.6. The predicted octanol–water partition coefficient (Wildman–Crippen LogP) is 8.81. The largest absolute Gasteiger partial charge is 0.310 e. The first-order valence-electron chi connectivity index (χ1n) is 11.9. The van der Waals surface area contributed by atoms with Gasteiger partial charge in [-0.2, -0.15) is 15.8 Å². The molecule has 6 aromatic rings. The van der Waals surface area contributed by atoms with Gasteiger partial charge in [0, 0.05) is 37.2 Å². The lowest BCUT2D eigenvalue weighted by Gasteiger charge is -2.26. The van der Waals surface area contributed by atoms with Crippen molar-refractivity contribution in [3.8, 4) is 29.3 Å². The van der Waals surface area contributed by atoms with Crippen molar-refractivity contribution in [2.24, 2.45) is 0 Å². The zero-order chi connectivity index (χ0) is 26.1. The summed E-state index contributed by atoms with van der Waals surface area (Å²) >= 11 is 1.78. The minimum Gasteiger partial charge on any atom is -0.310 e. The number of anilines is 3. The van der Waals surface area contributed by atoms with E-state index in [4.69, 9.17) is 0 Å². The number of rotatable bonds is 4. The van der Waals surface area contributed by atoms with Gasteiger partial charge in [-0.15, -0.1) is 11.3 Å². The van der Waals surface area contributed by atoms with Crippen LogP contribution in [0, 0.1) is 34.0 Å². The Bertz CT molecular complexity index is 1910. The molecule has 0 aliphatic rings. The summed E-state index contributed by atoms with van der Waals surface area (Å²) in [6, 6.07) is 42.2. The number of nitriles is 3. The average molecular weight is 503 g/mol. The maximum Gasteiger partial charge on any atom is 0.0992 e. The smallest absolute Gasteiger partial charge is 0.0992 e. The molecule has 0 unspecified atom stereocenters. The topological polar surface area (TPSA) is 74.6 Å². The van der Waals surface area contributed by atoms with Gasteiger partial charge in [-0.05, 0) is 90.0 Å². The Labute approximate surface area is 224 Å². The van der Waals surface area contributed by atoms with Crippen LogP contribution in [-0.4, -0.2) is 0 Å². The van der Waals surface area contributed by atoms with Gasteiger partial charge in [0.15, 0.2) is 0 Å². The van der Waals surface area contributed by atoms with Crippen molar-refractivity contribution in [2.75, 3.05) is 4.90 Å². The summed E-state index contributed by atoms with van der Waals surface area (Å²) in [5.41, 5.74) is 6.16. The van der Waals surface area contributed by atoms with E-state index in [0.29, 0.717) is 16.7 Å². The molecule has 5 heteroatoms. The Balaban J connectivity index is 1.48. The Hall–Kier alpha value is -5.41. The second-order valence-electron chi connectivity index (χ2n) is 8.84. The molecule has 0 bridgehead atoms. The lowest BCUT2D eigenvalue weighted by atomic mass is 10.00. The quantitative estimate of drug-likeness (QED) is 0.241. The van der Waals surface area contributed by atoms with Crippen molar-refractivity contribution in [3.63, 3.8) is 0 Å². The predicted molar refractivity (Wildman–Crippen MR) is 154 cm³/mol. The molecule has 0 saturated heterocycles. The van der Waals surface area contributed by atoms with Crippen LogP contribution < -0.4 is 4.90 Å². The molecular weight excluding hydrogens is 484 g/mol. The number of hydrogen-bond donors (Lipinski definition) is 0. The Kier molecular flexibility index (Phi) is 5.79. The number of fused-ring (bicyclic) bond motifs is 3. The standard InChI is InChI=1S/C33H18N4S/c34-19-22-5-9-27(10-6-22)37(29-13-14-33-31(18-29)30-3-1-2-4-32(30)38-33)28-11-7-25(8-12-28)26-16-23(20-35)15-24(17-26)21-36/h1-18H. The van der Waals surface area contributed by atoms with E-state index in [-0.39, 0.29) is 0 Å². The molecule has 38 heavy (non-hydrogen) atoms. The summed E-state index contributed by atoms with van der Waals surface area (Å²) < 4.78 is 2.49. The van der Waals surface area contributed by atoms with Gasteiger partial charge in [-0.25, -0.2) is 0 Å². The molecule has 0 fully saturated rings. The summed E-state index contributed by atoms with van der Waals surface area (Å²) in [7, 11) is 0. The van der Waals surface area contributed by atoms with E-state index in [9.17, 15) is 15.8 Å². The molecule has 5 aromatic carbocycles. The summed E-state index contributed by atoms with van der Waals surface area (Å²) in [5, 5.41) is 30.5. The van der Waals surface area contributed by atoms with Gasteiger partial charge < -0.3 is 4.90 Å². The van der Waals surface area contributed by atoms with Gasteiger partial charge in [-0.3, -0.25) is 0 Å². The van der Waals surface area contributed by atoms with Crippen LogP contribution in [0.5, 0.6) is 0 Å². The van der Waals surface area contributed by atoms with Crippen molar-refractivity contribution in [2.45, 2.75) is 0 Å². The van der Waals surface area contributed by atoms with Gasteiger partial charge >= 0.3 is 0 Å². The van der Waals surface area contributed by atoms with E-state index in [1.165, 1.54) is 20.2 Å². The fourth-order valence-electron chi connectivity index (χ4n) is 4.71. The van der Waals surface area contributed by atoms with Crippen LogP contribution in [0.3, 0.4) is 0 Å². The number of thiophene rings is 1. The average Bonchev–Trinajstić information content (AvgIpc) is 3.36. The van der Waals surface area contributed by atoms with Crippen molar-refractivity contribution in [1.82, 2.24) is 0 Å². The number of benzene rings is 5. The molecular formula is C33H18N4S. The van der Waals surface area contributed by atoms with Crippen LogP contribution in [0.4, 0.5) is 17.1 Å². The van der Waals surface area contributed by atoms with Gasteiger partial charge in [0.25, 0.3) is 0 Å². The van der Waals surface area contributed by atoms with E-state index in [0.717, 1.165) is 28.2 Å². The molecule has 1 heterocycles.